The molecule has 1 heterocycles. The number of sulfonamides is 1. The van der Waals surface area contributed by atoms with Gasteiger partial charge in [-0.1, -0.05) is 66.2 Å². The molecule has 0 aliphatic heterocycles. The lowest BCUT2D eigenvalue weighted by molar-refractivity contribution is 0.166. The first-order valence-electron chi connectivity index (χ1n) is 11.3. The average molecular weight is 505 g/mol. The number of para-hydroxylation sites is 3. The molecule has 0 radical (unpaired) electrons. The van der Waals surface area contributed by atoms with Crippen LogP contribution in [0.25, 0.3) is 21.8 Å². The fourth-order valence-electron chi connectivity index (χ4n) is 4.56. The SMILES string of the molecule is Cc1ccccc1N(C[C@H](O)Cn1c2ccccc2c2ccccc21)S(=O)(=O)c1ccc(Cl)cc1. The lowest BCUT2D eigenvalue weighted by Gasteiger charge is -2.28. The van der Waals surface area contributed by atoms with Gasteiger partial charge in [-0.25, -0.2) is 8.42 Å². The molecule has 0 aliphatic rings. The summed E-state index contributed by atoms with van der Waals surface area (Å²) in [5.74, 6) is 0. The van der Waals surface area contributed by atoms with Crippen molar-refractivity contribution in [3.8, 4) is 0 Å². The molecule has 0 spiro atoms. The summed E-state index contributed by atoms with van der Waals surface area (Å²) in [6.45, 7) is 2.00. The Labute approximate surface area is 209 Å². The fourth-order valence-corrected chi connectivity index (χ4v) is 6.26. The second-order valence-corrected chi connectivity index (χ2v) is 10.9. The number of rotatable bonds is 7. The molecule has 0 fully saturated rings. The van der Waals surface area contributed by atoms with Gasteiger partial charge in [0.05, 0.1) is 29.8 Å². The van der Waals surface area contributed by atoms with Gasteiger partial charge in [-0.15, -0.1) is 0 Å². The maximum absolute atomic E-state index is 13.7. The smallest absolute Gasteiger partial charge is 0.264 e. The van der Waals surface area contributed by atoms with Gasteiger partial charge in [0.15, 0.2) is 0 Å². The van der Waals surface area contributed by atoms with Crippen LogP contribution in [-0.4, -0.2) is 30.7 Å². The molecule has 4 aromatic carbocycles. The number of aryl methyl sites for hydroxylation is 1. The van der Waals surface area contributed by atoms with Crippen LogP contribution >= 0.6 is 11.6 Å². The van der Waals surface area contributed by atoms with E-state index < -0.39 is 16.1 Å². The highest BCUT2D eigenvalue weighted by Crippen LogP contribution is 2.31. The Kier molecular flexibility index (Phi) is 6.28. The number of aromatic nitrogens is 1. The predicted molar refractivity (Wildman–Crippen MR) is 143 cm³/mol. The number of fused-ring (bicyclic) bond motifs is 3. The number of aliphatic hydroxyl groups excluding tert-OH is 1. The van der Waals surface area contributed by atoms with E-state index in [-0.39, 0.29) is 18.0 Å². The molecule has 1 aromatic heterocycles. The number of anilines is 1. The van der Waals surface area contributed by atoms with Gasteiger partial charge in [-0.3, -0.25) is 4.31 Å². The summed E-state index contributed by atoms with van der Waals surface area (Å²) >= 11 is 5.99. The van der Waals surface area contributed by atoms with Gasteiger partial charge >= 0.3 is 0 Å². The van der Waals surface area contributed by atoms with Crippen molar-refractivity contribution in [2.24, 2.45) is 0 Å². The van der Waals surface area contributed by atoms with Crippen molar-refractivity contribution in [1.82, 2.24) is 4.57 Å². The van der Waals surface area contributed by atoms with E-state index in [1.807, 2.05) is 55.5 Å². The molecule has 5 aromatic rings. The summed E-state index contributed by atoms with van der Waals surface area (Å²) in [6.07, 6.45) is -0.962. The van der Waals surface area contributed by atoms with Crippen LogP contribution in [0, 0.1) is 6.92 Å². The van der Waals surface area contributed by atoms with E-state index in [0.29, 0.717) is 10.7 Å². The third kappa shape index (κ3) is 4.41. The molecule has 35 heavy (non-hydrogen) atoms. The topological polar surface area (TPSA) is 62.5 Å². The van der Waals surface area contributed by atoms with Crippen LogP contribution in [0.2, 0.25) is 5.02 Å². The van der Waals surface area contributed by atoms with Gasteiger partial charge < -0.3 is 9.67 Å². The maximum Gasteiger partial charge on any atom is 0.264 e. The summed E-state index contributed by atoms with van der Waals surface area (Å²) in [5.41, 5.74) is 3.32. The number of aliphatic hydroxyl groups is 1. The molecule has 178 valence electrons. The molecule has 5 nitrogen and oxygen atoms in total. The number of hydrogen-bond donors (Lipinski definition) is 1. The molecule has 1 N–H and O–H groups in total. The molecule has 7 heteroatoms. The molecule has 1 atom stereocenters. The number of benzene rings is 4. The predicted octanol–water partition coefficient (Wildman–Crippen LogP) is 6.01. The number of hydrogen-bond acceptors (Lipinski definition) is 3. The standard InChI is InChI=1S/C28H25ClN2O3S/c1-20-8-2-5-11-26(20)31(35(33,34)23-16-14-21(29)15-17-23)19-22(32)18-30-27-12-6-3-9-24(27)25-10-4-7-13-28(25)30/h2-17,22,32H,18-19H2,1H3/t22-/m1/s1. The first-order chi connectivity index (χ1) is 16.9. The third-order valence-corrected chi connectivity index (χ3v) is 8.28. The normalized spacial score (nSPS) is 12.8. The Morgan fingerprint density at radius 1 is 0.829 bits per heavy atom. The Hall–Kier alpha value is -3.32. The second-order valence-electron chi connectivity index (χ2n) is 8.58. The highest BCUT2D eigenvalue weighted by Gasteiger charge is 2.28. The molecular weight excluding hydrogens is 480 g/mol. The minimum Gasteiger partial charge on any atom is -0.389 e. The lowest BCUT2D eigenvalue weighted by Crippen LogP contribution is -2.39. The minimum atomic E-state index is -3.95. The van der Waals surface area contributed by atoms with E-state index >= 15 is 0 Å². The highest BCUT2D eigenvalue weighted by molar-refractivity contribution is 7.92. The van der Waals surface area contributed by atoms with E-state index in [0.717, 1.165) is 27.4 Å². The fraction of sp³-hybridized carbons (Fsp3) is 0.143. The van der Waals surface area contributed by atoms with Gasteiger partial charge in [-0.05, 0) is 55.0 Å². The van der Waals surface area contributed by atoms with Crippen LogP contribution in [0.3, 0.4) is 0 Å². The zero-order valence-corrected chi connectivity index (χ0v) is 20.7. The van der Waals surface area contributed by atoms with E-state index in [4.69, 9.17) is 11.6 Å². The molecule has 0 unspecified atom stereocenters. The van der Waals surface area contributed by atoms with Crippen molar-refractivity contribution in [2.45, 2.75) is 24.5 Å². The minimum absolute atomic E-state index is 0.101. The van der Waals surface area contributed by atoms with E-state index in [2.05, 4.69) is 16.7 Å². The summed E-state index contributed by atoms with van der Waals surface area (Å²) in [5, 5.41) is 13.9. The first kappa shape index (κ1) is 23.4. The molecular formula is C28H25ClN2O3S. The van der Waals surface area contributed by atoms with E-state index in [1.165, 1.54) is 16.4 Å². The van der Waals surface area contributed by atoms with Crippen LogP contribution < -0.4 is 4.31 Å². The van der Waals surface area contributed by atoms with Crippen molar-refractivity contribution in [1.29, 1.82) is 0 Å². The quantitative estimate of drug-likeness (QED) is 0.295. The monoisotopic (exact) mass is 504 g/mol. The Morgan fingerprint density at radius 2 is 1.37 bits per heavy atom. The second kappa shape index (κ2) is 9.38. The summed E-state index contributed by atoms with van der Waals surface area (Å²) in [7, 11) is -3.95. The first-order valence-corrected chi connectivity index (χ1v) is 13.2. The summed E-state index contributed by atoms with van der Waals surface area (Å²) in [4.78, 5) is 0.120. The van der Waals surface area contributed by atoms with Crippen LogP contribution in [-0.2, 0) is 16.6 Å². The van der Waals surface area contributed by atoms with Gasteiger partial charge in [0.2, 0.25) is 0 Å². The third-order valence-electron chi connectivity index (χ3n) is 6.24. The van der Waals surface area contributed by atoms with Crippen LogP contribution in [0.15, 0.2) is 102 Å². The van der Waals surface area contributed by atoms with Crippen LogP contribution in [0.4, 0.5) is 5.69 Å². The average Bonchev–Trinajstić information content (AvgIpc) is 3.17. The molecule has 0 saturated carbocycles. The summed E-state index contributed by atoms with van der Waals surface area (Å²) in [6, 6.07) is 29.4. The molecule has 0 bridgehead atoms. The molecule has 0 saturated heterocycles. The van der Waals surface area contributed by atoms with Gasteiger partial charge in [0.1, 0.15) is 0 Å². The molecule has 0 aliphatic carbocycles. The van der Waals surface area contributed by atoms with Gasteiger partial charge in [0, 0.05) is 26.8 Å². The number of halogens is 1. The van der Waals surface area contributed by atoms with Gasteiger partial charge in [-0.2, -0.15) is 0 Å². The Bertz CT molecular complexity index is 1560. The van der Waals surface area contributed by atoms with Crippen molar-refractivity contribution in [3.05, 3.63) is 108 Å². The Balaban J connectivity index is 1.54. The summed E-state index contributed by atoms with van der Waals surface area (Å²) < 4.78 is 30.8. The van der Waals surface area contributed by atoms with Crippen LogP contribution in [0.1, 0.15) is 5.56 Å². The van der Waals surface area contributed by atoms with E-state index in [9.17, 15) is 13.5 Å². The number of nitrogens with zero attached hydrogens (tertiary/aromatic N) is 2. The van der Waals surface area contributed by atoms with Crippen molar-refractivity contribution < 1.29 is 13.5 Å². The Morgan fingerprint density at radius 3 is 1.97 bits per heavy atom. The lowest BCUT2D eigenvalue weighted by atomic mass is 10.2. The zero-order valence-electron chi connectivity index (χ0n) is 19.2. The molecule has 0 amide bonds. The van der Waals surface area contributed by atoms with Crippen molar-refractivity contribution >= 4 is 49.1 Å². The van der Waals surface area contributed by atoms with Crippen molar-refractivity contribution in [2.75, 3.05) is 10.8 Å². The van der Waals surface area contributed by atoms with E-state index in [1.54, 1.807) is 24.3 Å². The van der Waals surface area contributed by atoms with Crippen molar-refractivity contribution in [3.63, 3.8) is 0 Å². The maximum atomic E-state index is 13.7. The van der Waals surface area contributed by atoms with Crippen LogP contribution in [0.5, 0.6) is 0 Å². The zero-order chi connectivity index (χ0) is 24.6. The largest absolute Gasteiger partial charge is 0.389 e. The van der Waals surface area contributed by atoms with Gasteiger partial charge in [0.25, 0.3) is 10.0 Å². The highest BCUT2D eigenvalue weighted by atomic mass is 35.5. The molecule has 5 rings (SSSR count).